The highest BCUT2D eigenvalue weighted by molar-refractivity contribution is 7.98. The summed E-state index contributed by atoms with van der Waals surface area (Å²) in [7, 11) is 0. The average Bonchev–Trinajstić information content (AvgIpc) is 2.09. The van der Waals surface area contributed by atoms with Crippen molar-refractivity contribution in [3.8, 4) is 0 Å². The van der Waals surface area contributed by atoms with Crippen molar-refractivity contribution in [2.24, 2.45) is 0 Å². The van der Waals surface area contributed by atoms with Gasteiger partial charge >= 0.3 is 0 Å². The van der Waals surface area contributed by atoms with Crippen LogP contribution >= 0.6 is 11.8 Å². The molecule has 1 aliphatic carbocycles. The van der Waals surface area contributed by atoms with Crippen LogP contribution in [-0.2, 0) is 0 Å². The van der Waals surface area contributed by atoms with Crippen LogP contribution in [0.1, 0.15) is 25.7 Å². The van der Waals surface area contributed by atoms with Gasteiger partial charge in [-0.25, -0.2) is 0 Å². The lowest BCUT2D eigenvalue weighted by atomic mass is 9.93. The lowest BCUT2D eigenvalue weighted by Gasteiger charge is -2.26. The highest BCUT2D eigenvalue weighted by Crippen LogP contribution is 2.17. The molecule has 0 saturated heterocycles. The number of aliphatic hydroxyl groups is 1. The van der Waals surface area contributed by atoms with Crippen molar-refractivity contribution >= 4 is 11.8 Å². The summed E-state index contributed by atoms with van der Waals surface area (Å²) >= 11 is 1.88. The molecule has 1 rings (SSSR count). The fourth-order valence-electron chi connectivity index (χ4n) is 1.65. The molecule has 1 fully saturated rings. The van der Waals surface area contributed by atoms with Crippen molar-refractivity contribution in [2.75, 3.05) is 18.6 Å². The molecule has 0 aromatic rings. The van der Waals surface area contributed by atoms with E-state index in [-0.39, 0.29) is 6.10 Å². The van der Waals surface area contributed by atoms with Crippen LogP contribution in [0.2, 0.25) is 0 Å². The largest absolute Gasteiger partial charge is 0.393 e. The smallest absolute Gasteiger partial charge is 0.0541 e. The van der Waals surface area contributed by atoms with E-state index in [0.717, 1.165) is 32.2 Å². The Labute approximate surface area is 79.1 Å². The van der Waals surface area contributed by atoms with E-state index in [1.165, 1.54) is 5.75 Å². The van der Waals surface area contributed by atoms with Gasteiger partial charge in [0.1, 0.15) is 0 Å². The van der Waals surface area contributed by atoms with Crippen molar-refractivity contribution in [2.45, 2.75) is 37.8 Å². The van der Waals surface area contributed by atoms with Gasteiger partial charge < -0.3 is 10.4 Å². The average molecular weight is 189 g/mol. The molecule has 0 heterocycles. The first-order valence-corrected chi connectivity index (χ1v) is 6.12. The first-order valence-electron chi connectivity index (χ1n) is 4.73. The van der Waals surface area contributed by atoms with Crippen LogP contribution in [0, 0.1) is 0 Å². The fourth-order valence-corrected chi connectivity index (χ4v) is 1.97. The lowest BCUT2D eigenvalue weighted by Crippen LogP contribution is -2.35. The molecule has 0 aromatic heterocycles. The van der Waals surface area contributed by atoms with Crippen molar-refractivity contribution in [1.29, 1.82) is 0 Å². The molecule has 0 radical (unpaired) electrons. The Kier molecular flexibility index (Phi) is 5.04. The summed E-state index contributed by atoms with van der Waals surface area (Å²) in [6.45, 7) is 1.11. The van der Waals surface area contributed by atoms with Crippen LogP contribution < -0.4 is 5.32 Å². The van der Waals surface area contributed by atoms with Crippen molar-refractivity contribution in [3.05, 3.63) is 0 Å². The zero-order valence-corrected chi connectivity index (χ0v) is 8.57. The van der Waals surface area contributed by atoms with Gasteiger partial charge in [-0.1, -0.05) is 0 Å². The Morgan fingerprint density at radius 2 is 2.00 bits per heavy atom. The monoisotopic (exact) mass is 189 g/mol. The number of rotatable bonds is 4. The lowest BCUT2D eigenvalue weighted by molar-refractivity contribution is 0.117. The topological polar surface area (TPSA) is 32.3 Å². The van der Waals surface area contributed by atoms with Crippen molar-refractivity contribution < 1.29 is 5.11 Å². The normalized spacial score (nSPS) is 30.5. The molecule has 1 saturated carbocycles. The molecule has 0 amide bonds. The van der Waals surface area contributed by atoms with Crippen LogP contribution in [0.25, 0.3) is 0 Å². The number of aliphatic hydroxyl groups excluding tert-OH is 1. The Bertz CT molecular complexity index is 113. The van der Waals surface area contributed by atoms with E-state index < -0.39 is 0 Å². The third-order valence-corrected chi connectivity index (χ3v) is 3.05. The van der Waals surface area contributed by atoms with E-state index in [4.69, 9.17) is 0 Å². The molecule has 0 aromatic carbocycles. The minimum absolute atomic E-state index is 0.0244. The summed E-state index contributed by atoms with van der Waals surface area (Å²) < 4.78 is 0. The minimum Gasteiger partial charge on any atom is -0.393 e. The molecule has 0 aliphatic heterocycles. The van der Waals surface area contributed by atoms with Crippen LogP contribution in [0.5, 0.6) is 0 Å². The molecule has 0 atom stereocenters. The molecular weight excluding hydrogens is 170 g/mol. The number of hydrogen-bond donors (Lipinski definition) is 2. The van der Waals surface area contributed by atoms with E-state index in [0.29, 0.717) is 6.04 Å². The molecule has 0 unspecified atom stereocenters. The second kappa shape index (κ2) is 5.84. The second-order valence-corrected chi connectivity index (χ2v) is 4.44. The third-order valence-electron chi connectivity index (χ3n) is 2.44. The van der Waals surface area contributed by atoms with E-state index in [2.05, 4.69) is 11.6 Å². The SMILES string of the molecule is CSCCNC1CCC(O)CC1. The Balaban J connectivity index is 2.01. The Morgan fingerprint density at radius 1 is 1.33 bits per heavy atom. The van der Waals surface area contributed by atoms with E-state index in [1.807, 2.05) is 11.8 Å². The summed E-state index contributed by atoms with van der Waals surface area (Å²) in [4.78, 5) is 0. The van der Waals surface area contributed by atoms with Crippen molar-refractivity contribution in [1.82, 2.24) is 5.32 Å². The number of hydrogen-bond acceptors (Lipinski definition) is 3. The Morgan fingerprint density at radius 3 is 2.58 bits per heavy atom. The molecule has 12 heavy (non-hydrogen) atoms. The quantitative estimate of drug-likeness (QED) is 0.653. The van der Waals surface area contributed by atoms with Gasteiger partial charge in [0.25, 0.3) is 0 Å². The molecule has 2 N–H and O–H groups in total. The fraction of sp³-hybridized carbons (Fsp3) is 1.00. The maximum atomic E-state index is 9.27. The number of thioether (sulfide) groups is 1. The van der Waals surface area contributed by atoms with Gasteiger partial charge in [0.05, 0.1) is 6.10 Å². The standard InChI is InChI=1S/C9H19NOS/c1-12-7-6-10-8-2-4-9(11)5-3-8/h8-11H,2-7H2,1H3. The van der Waals surface area contributed by atoms with Crippen LogP contribution in [-0.4, -0.2) is 35.8 Å². The zero-order chi connectivity index (χ0) is 8.81. The van der Waals surface area contributed by atoms with Gasteiger partial charge in [0.2, 0.25) is 0 Å². The van der Waals surface area contributed by atoms with Gasteiger partial charge in [-0.15, -0.1) is 0 Å². The van der Waals surface area contributed by atoms with E-state index >= 15 is 0 Å². The van der Waals surface area contributed by atoms with Crippen LogP contribution in [0.15, 0.2) is 0 Å². The highest BCUT2D eigenvalue weighted by atomic mass is 32.2. The highest BCUT2D eigenvalue weighted by Gasteiger charge is 2.17. The molecule has 72 valence electrons. The minimum atomic E-state index is -0.0244. The third kappa shape index (κ3) is 3.78. The van der Waals surface area contributed by atoms with E-state index in [1.54, 1.807) is 0 Å². The maximum Gasteiger partial charge on any atom is 0.0541 e. The summed E-state index contributed by atoms with van der Waals surface area (Å²) in [5.74, 6) is 1.19. The predicted molar refractivity (Wildman–Crippen MR) is 54.6 cm³/mol. The molecule has 3 heteroatoms. The molecular formula is C9H19NOS. The summed E-state index contributed by atoms with van der Waals surface area (Å²) in [5, 5.41) is 12.8. The summed E-state index contributed by atoms with van der Waals surface area (Å²) in [6.07, 6.45) is 6.37. The first kappa shape index (κ1) is 10.4. The molecule has 0 spiro atoms. The van der Waals surface area contributed by atoms with E-state index in [9.17, 15) is 5.11 Å². The summed E-state index contributed by atoms with van der Waals surface area (Å²) in [6, 6.07) is 0.667. The van der Waals surface area contributed by atoms with Crippen LogP contribution in [0.3, 0.4) is 0 Å². The first-order chi connectivity index (χ1) is 5.83. The van der Waals surface area contributed by atoms with Gasteiger partial charge in [-0.05, 0) is 31.9 Å². The predicted octanol–water partition coefficient (Wildman–Crippen LogP) is 1.24. The Hall–Kier alpha value is 0.270. The number of nitrogens with one attached hydrogen (secondary N) is 1. The molecule has 2 nitrogen and oxygen atoms in total. The molecule has 1 aliphatic rings. The maximum absolute atomic E-state index is 9.27. The van der Waals surface area contributed by atoms with Crippen molar-refractivity contribution in [3.63, 3.8) is 0 Å². The van der Waals surface area contributed by atoms with Gasteiger partial charge in [0.15, 0.2) is 0 Å². The van der Waals surface area contributed by atoms with Gasteiger partial charge in [-0.3, -0.25) is 0 Å². The summed E-state index contributed by atoms with van der Waals surface area (Å²) in [5.41, 5.74) is 0. The molecule has 0 bridgehead atoms. The van der Waals surface area contributed by atoms with Crippen LogP contribution in [0.4, 0.5) is 0 Å². The van der Waals surface area contributed by atoms with Gasteiger partial charge in [-0.2, -0.15) is 11.8 Å². The zero-order valence-electron chi connectivity index (χ0n) is 7.75. The second-order valence-electron chi connectivity index (χ2n) is 3.45. The van der Waals surface area contributed by atoms with Gasteiger partial charge in [0, 0.05) is 18.3 Å².